The van der Waals surface area contributed by atoms with Crippen LogP contribution in [0.5, 0.6) is 5.75 Å². The zero-order valence-corrected chi connectivity index (χ0v) is 13.1. The van der Waals surface area contributed by atoms with Crippen LogP contribution in [0.2, 0.25) is 0 Å². The zero-order valence-electron chi connectivity index (χ0n) is 13.1. The van der Waals surface area contributed by atoms with Gasteiger partial charge in [-0.1, -0.05) is 18.2 Å². The monoisotopic (exact) mass is 311 g/mol. The van der Waals surface area contributed by atoms with Gasteiger partial charge < -0.3 is 19.6 Å². The first-order valence-electron chi connectivity index (χ1n) is 7.71. The smallest absolute Gasteiger partial charge is 0.137 e. The lowest BCUT2D eigenvalue weighted by Gasteiger charge is -2.13. The molecule has 0 spiro atoms. The summed E-state index contributed by atoms with van der Waals surface area (Å²) in [5, 5.41) is 13.2. The van der Waals surface area contributed by atoms with E-state index in [1.54, 1.807) is 0 Å². The zero-order chi connectivity index (χ0) is 16.1. The van der Waals surface area contributed by atoms with E-state index < -0.39 is 6.10 Å². The molecule has 1 aromatic carbocycles. The van der Waals surface area contributed by atoms with Crippen LogP contribution in [0, 0.1) is 6.92 Å². The molecule has 0 aliphatic rings. The summed E-state index contributed by atoms with van der Waals surface area (Å²) < 4.78 is 7.57. The molecular formula is C18H21N3O2. The van der Waals surface area contributed by atoms with Crippen LogP contribution in [0.25, 0.3) is 5.65 Å². The highest BCUT2D eigenvalue weighted by Gasteiger charge is 2.06. The maximum Gasteiger partial charge on any atom is 0.137 e. The Hall–Kier alpha value is -2.37. The lowest BCUT2D eigenvalue weighted by Crippen LogP contribution is -2.31. The van der Waals surface area contributed by atoms with Crippen molar-refractivity contribution >= 4 is 5.65 Å². The maximum atomic E-state index is 9.98. The molecule has 0 saturated heterocycles. The van der Waals surface area contributed by atoms with Crippen LogP contribution >= 0.6 is 0 Å². The molecule has 3 aromatic rings. The van der Waals surface area contributed by atoms with Crippen molar-refractivity contribution < 1.29 is 9.84 Å². The number of nitrogens with one attached hydrogen (secondary N) is 1. The normalized spacial score (nSPS) is 12.4. The summed E-state index contributed by atoms with van der Waals surface area (Å²) in [4.78, 5) is 4.50. The fraction of sp³-hybridized carbons (Fsp3) is 0.278. The summed E-state index contributed by atoms with van der Waals surface area (Å²) in [7, 11) is 0. The third-order valence-electron chi connectivity index (χ3n) is 3.53. The summed E-state index contributed by atoms with van der Waals surface area (Å²) >= 11 is 0. The van der Waals surface area contributed by atoms with E-state index in [0.717, 1.165) is 22.7 Å². The summed E-state index contributed by atoms with van der Waals surface area (Å²) in [5.41, 5.74) is 3.01. The fourth-order valence-corrected chi connectivity index (χ4v) is 2.40. The molecule has 23 heavy (non-hydrogen) atoms. The minimum Gasteiger partial charge on any atom is -0.491 e. The molecule has 0 aliphatic carbocycles. The number of rotatable bonds is 7. The van der Waals surface area contributed by atoms with E-state index in [1.807, 2.05) is 66.2 Å². The lowest BCUT2D eigenvalue weighted by atomic mass is 10.2. The van der Waals surface area contributed by atoms with Gasteiger partial charge in [-0.2, -0.15) is 0 Å². The number of aromatic nitrogens is 2. The number of hydrogen-bond acceptors (Lipinski definition) is 4. The van der Waals surface area contributed by atoms with Crippen molar-refractivity contribution in [2.75, 3.05) is 13.2 Å². The topological polar surface area (TPSA) is 58.8 Å². The molecule has 5 nitrogen and oxygen atoms in total. The van der Waals surface area contributed by atoms with Gasteiger partial charge in [-0.3, -0.25) is 0 Å². The van der Waals surface area contributed by atoms with E-state index in [2.05, 4.69) is 10.3 Å². The molecule has 2 aromatic heterocycles. The summed E-state index contributed by atoms with van der Waals surface area (Å²) in [6.07, 6.45) is 3.39. The Balaban J connectivity index is 1.43. The second kappa shape index (κ2) is 7.26. The molecule has 0 radical (unpaired) electrons. The van der Waals surface area contributed by atoms with Crippen molar-refractivity contribution in [1.29, 1.82) is 0 Å². The van der Waals surface area contributed by atoms with Gasteiger partial charge >= 0.3 is 0 Å². The molecule has 5 heteroatoms. The van der Waals surface area contributed by atoms with Gasteiger partial charge in [0.25, 0.3) is 0 Å². The van der Waals surface area contributed by atoms with Gasteiger partial charge in [0.1, 0.15) is 24.1 Å². The third kappa shape index (κ3) is 4.31. The highest BCUT2D eigenvalue weighted by atomic mass is 16.5. The van der Waals surface area contributed by atoms with Gasteiger partial charge in [-0.15, -0.1) is 0 Å². The second-order valence-corrected chi connectivity index (χ2v) is 5.61. The number of nitrogens with zero attached hydrogens (tertiary/aromatic N) is 2. The van der Waals surface area contributed by atoms with Gasteiger partial charge in [0, 0.05) is 25.5 Å². The Bertz CT molecular complexity index is 737. The van der Waals surface area contributed by atoms with E-state index in [0.29, 0.717) is 13.1 Å². The average molecular weight is 311 g/mol. The Morgan fingerprint density at radius 3 is 3.00 bits per heavy atom. The number of pyridine rings is 1. The van der Waals surface area contributed by atoms with E-state index >= 15 is 0 Å². The first-order valence-corrected chi connectivity index (χ1v) is 7.71. The van der Waals surface area contributed by atoms with Crippen molar-refractivity contribution in [3.05, 3.63) is 66.1 Å². The number of benzene rings is 1. The summed E-state index contributed by atoms with van der Waals surface area (Å²) in [6, 6.07) is 13.7. The van der Waals surface area contributed by atoms with Crippen molar-refractivity contribution in [3.63, 3.8) is 0 Å². The summed E-state index contributed by atoms with van der Waals surface area (Å²) in [6.45, 7) is 3.35. The van der Waals surface area contributed by atoms with Gasteiger partial charge in [0.2, 0.25) is 0 Å². The van der Waals surface area contributed by atoms with Crippen LogP contribution in [-0.4, -0.2) is 33.7 Å². The molecule has 1 unspecified atom stereocenters. The van der Waals surface area contributed by atoms with E-state index in [-0.39, 0.29) is 6.61 Å². The molecule has 1 atom stereocenters. The Labute approximate surface area is 135 Å². The molecule has 0 aliphatic heterocycles. The van der Waals surface area contributed by atoms with Crippen molar-refractivity contribution in [2.24, 2.45) is 0 Å². The van der Waals surface area contributed by atoms with Crippen LogP contribution < -0.4 is 10.1 Å². The highest BCUT2D eigenvalue weighted by molar-refractivity contribution is 5.39. The molecular weight excluding hydrogens is 290 g/mol. The number of aryl methyl sites for hydroxylation is 1. The van der Waals surface area contributed by atoms with E-state index in [1.165, 1.54) is 0 Å². The quantitative estimate of drug-likeness (QED) is 0.702. The third-order valence-corrected chi connectivity index (χ3v) is 3.53. The number of ether oxygens (including phenoxy) is 1. The molecule has 120 valence electrons. The van der Waals surface area contributed by atoms with Gasteiger partial charge in [0.05, 0.1) is 5.69 Å². The number of fused-ring (bicyclic) bond motifs is 1. The molecule has 3 rings (SSSR count). The number of aliphatic hydroxyl groups is 1. The molecule has 0 fully saturated rings. The number of hydrogen-bond donors (Lipinski definition) is 2. The van der Waals surface area contributed by atoms with Crippen molar-refractivity contribution in [2.45, 2.75) is 19.6 Å². The molecule has 0 amide bonds. The molecule has 2 N–H and O–H groups in total. The molecule has 0 saturated carbocycles. The number of imidazole rings is 1. The van der Waals surface area contributed by atoms with Gasteiger partial charge in [-0.25, -0.2) is 4.98 Å². The largest absolute Gasteiger partial charge is 0.491 e. The van der Waals surface area contributed by atoms with E-state index in [9.17, 15) is 5.11 Å². The Kier molecular flexibility index (Phi) is 4.90. The van der Waals surface area contributed by atoms with Gasteiger partial charge in [-0.05, 0) is 36.8 Å². The predicted molar refractivity (Wildman–Crippen MR) is 89.6 cm³/mol. The fourth-order valence-electron chi connectivity index (χ4n) is 2.40. The molecule has 0 bridgehead atoms. The Morgan fingerprint density at radius 1 is 1.26 bits per heavy atom. The standard InChI is InChI=1S/C18H21N3O2/c1-14-5-4-6-17(9-14)23-13-16(22)11-19-10-15-12-21-8-3-2-7-18(21)20-15/h2-9,12,16,19,22H,10-11,13H2,1H3. The average Bonchev–Trinajstić information content (AvgIpc) is 2.96. The minimum absolute atomic E-state index is 0.265. The minimum atomic E-state index is -0.562. The van der Waals surface area contributed by atoms with Crippen molar-refractivity contribution in [3.8, 4) is 5.75 Å². The van der Waals surface area contributed by atoms with Crippen LogP contribution in [0.1, 0.15) is 11.3 Å². The second-order valence-electron chi connectivity index (χ2n) is 5.61. The van der Waals surface area contributed by atoms with Gasteiger partial charge in [0.15, 0.2) is 0 Å². The maximum absolute atomic E-state index is 9.98. The lowest BCUT2D eigenvalue weighted by molar-refractivity contribution is 0.106. The SMILES string of the molecule is Cc1cccc(OCC(O)CNCc2cn3ccccc3n2)c1. The van der Waals surface area contributed by atoms with Crippen LogP contribution in [-0.2, 0) is 6.54 Å². The van der Waals surface area contributed by atoms with E-state index in [4.69, 9.17) is 4.74 Å². The number of aliphatic hydroxyl groups excluding tert-OH is 1. The van der Waals surface area contributed by atoms with Crippen LogP contribution in [0.4, 0.5) is 0 Å². The Morgan fingerprint density at radius 2 is 2.17 bits per heavy atom. The van der Waals surface area contributed by atoms with Crippen LogP contribution in [0.3, 0.4) is 0 Å². The summed E-state index contributed by atoms with van der Waals surface area (Å²) in [5.74, 6) is 0.782. The first kappa shape index (κ1) is 15.5. The molecule has 2 heterocycles. The predicted octanol–water partition coefficient (Wildman–Crippen LogP) is 2.17. The first-order chi connectivity index (χ1) is 11.2. The van der Waals surface area contributed by atoms with Crippen LogP contribution in [0.15, 0.2) is 54.9 Å². The highest BCUT2D eigenvalue weighted by Crippen LogP contribution is 2.12. The van der Waals surface area contributed by atoms with Crippen molar-refractivity contribution in [1.82, 2.24) is 14.7 Å².